The third-order valence-electron chi connectivity index (χ3n) is 7.98. The Kier molecular flexibility index (Phi) is 4.58. The van der Waals surface area contributed by atoms with Crippen LogP contribution < -0.4 is 9.61 Å². The number of rotatable bonds is 4. The summed E-state index contributed by atoms with van der Waals surface area (Å²) in [4.78, 5) is 55.3. The number of imide groups is 1. The van der Waals surface area contributed by atoms with Crippen LogP contribution in [0.3, 0.4) is 0 Å². The fourth-order valence-electron chi connectivity index (χ4n) is 6.72. The molecule has 3 fully saturated rings. The van der Waals surface area contributed by atoms with E-state index in [-0.39, 0.29) is 45.6 Å². The highest BCUT2D eigenvalue weighted by atomic mass is 32.2. The fraction of sp³-hybridized carbons (Fsp3) is 0.478. The number of likely N-dealkylation sites (tertiary alicyclic amines) is 1. The Bertz CT molecular complexity index is 1240. The van der Waals surface area contributed by atoms with Gasteiger partial charge in [0.05, 0.1) is 24.0 Å². The molecule has 2 amide bonds. The number of methoxy groups -OCH3 is 1. The van der Waals surface area contributed by atoms with Gasteiger partial charge in [-0.1, -0.05) is 23.5 Å². The first-order valence-corrected chi connectivity index (χ1v) is 12.6. The second kappa shape index (κ2) is 7.20. The van der Waals surface area contributed by atoms with Crippen molar-refractivity contribution in [2.45, 2.75) is 35.6 Å². The van der Waals surface area contributed by atoms with Crippen molar-refractivity contribution in [3.63, 3.8) is 0 Å². The number of aromatic amines is 1. The van der Waals surface area contributed by atoms with E-state index >= 15 is 0 Å². The predicted octanol–water partition coefficient (Wildman–Crippen LogP) is 2.39. The average molecular weight is 487 g/mol. The molecule has 172 valence electrons. The quantitative estimate of drug-likeness (QED) is 0.638. The van der Waals surface area contributed by atoms with E-state index in [1.807, 2.05) is 24.3 Å². The van der Waals surface area contributed by atoms with Gasteiger partial charge in [-0.3, -0.25) is 19.3 Å². The van der Waals surface area contributed by atoms with Crippen molar-refractivity contribution in [3.8, 4) is 5.75 Å². The maximum absolute atomic E-state index is 13.3. The SMILES string of the molecule is COc1ccc([C@@H]2c3sc(=O)[nH]c3S[C@@H]3[C@H]4C[C@@H]([C@@H]5C(=O)N([C@@H](C)C(=O)O)C(=O)[C@@H]45)[C@@H]23)cc1. The van der Waals surface area contributed by atoms with Crippen LogP contribution in [-0.2, 0) is 14.4 Å². The van der Waals surface area contributed by atoms with Gasteiger partial charge >= 0.3 is 10.8 Å². The van der Waals surface area contributed by atoms with E-state index < -0.39 is 23.8 Å². The van der Waals surface area contributed by atoms with Gasteiger partial charge in [-0.05, 0) is 48.8 Å². The number of carboxylic acids is 1. The highest BCUT2D eigenvalue weighted by molar-refractivity contribution is 8.00. The van der Waals surface area contributed by atoms with Crippen molar-refractivity contribution in [1.82, 2.24) is 9.88 Å². The summed E-state index contributed by atoms with van der Waals surface area (Å²) < 4.78 is 5.31. The largest absolute Gasteiger partial charge is 0.497 e. The molecular formula is C23H22N2O6S2. The molecule has 2 aliphatic heterocycles. The molecule has 1 saturated heterocycles. The monoisotopic (exact) mass is 486 g/mol. The van der Waals surface area contributed by atoms with Crippen LogP contribution in [0.25, 0.3) is 0 Å². The number of carbonyl (C=O) groups excluding carboxylic acids is 2. The molecule has 2 bridgehead atoms. The first-order valence-electron chi connectivity index (χ1n) is 10.9. The summed E-state index contributed by atoms with van der Waals surface area (Å²) in [5, 5.41) is 10.4. The molecule has 0 unspecified atom stereocenters. The van der Waals surface area contributed by atoms with Gasteiger partial charge in [-0.25, -0.2) is 4.79 Å². The highest BCUT2D eigenvalue weighted by Gasteiger charge is 2.70. The van der Waals surface area contributed by atoms with Gasteiger partial charge in [-0.15, -0.1) is 11.8 Å². The van der Waals surface area contributed by atoms with Crippen LogP contribution in [0.15, 0.2) is 34.1 Å². The van der Waals surface area contributed by atoms with Crippen molar-refractivity contribution in [1.29, 1.82) is 0 Å². The first-order chi connectivity index (χ1) is 15.8. The highest BCUT2D eigenvalue weighted by Crippen LogP contribution is 2.68. The van der Waals surface area contributed by atoms with E-state index in [0.717, 1.165) is 32.5 Å². The fourth-order valence-corrected chi connectivity index (χ4v) is 9.61. The lowest BCUT2D eigenvalue weighted by Gasteiger charge is -2.43. The molecule has 4 aliphatic rings. The van der Waals surface area contributed by atoms with Crippen molar-refractivity contribution in [2.24, 2.45) is 29.6 Å². The Morgan fingerprint density at radius 3 is 2.45 bits per heavy atom. The maximum atomic E-state index is 13.3. The van der Waals surface area contributed by atoms with Crippen molar-refractivity contribution in [2.75, 3.05) is 7.11 Å². The average Bonchev–Trinajstić information content (AvgIpc) is 3.52. The zero-order valence-electron chi connectivity index (χ0n) is 17.9. The van der Waals surface area contributed by atoms with Crippen molar-refractivity contribution >= 4 is 40.9 Å². The molecule has 2 saturated carbocycles. The molecule has 2 aromatic rings. The smallest absolute Gasteiger partial charge is 0.326 e. The molecule has 8 nitrogen and oxygen atoms in total. The first kappa shape index (κ1) is 21.0. The minimum Gasteiger partial charge on any atom is -0.497 e. The Labute approximate surface area is 197 Å². The summed E-state index contributed by atoms with van der Waals surface area (Å²) >= 11 is 2.83. The van der Waals surface area contributed by atoms with E-state index in [4.69, 9.17) is 4.74 Å². The lowest BCUT2D eigenvalue weighted by atomic mass is 9.68. The number of nitrogens with zero attached hydrogens (tertiary/aromatic N) is 1. The number of fused-ring (bicyclic) bond motifs is 9. The number of thioether (sulfide) groups is 1. The number of hydrogen-bond donors (Lipinski definition) is 2. The molecule has 10 heteroatoms. The van der Waals surface area contributed by atoms with Crippen LogP contribution in [-0.4, -0.2) is 51.2 Å². The zero-order valence-corrected chi connectivity index (χ0v) is 19.5. The van der Waals surface area contributed by atoms with Gasteiger partial charge in [0, 0.05) is 16.0 Å². The summed E-state index contributed by atoms with van der Waals surface area (Å²) in [6.45, 7) is 1.39. The number of hydrogen-bond acceptors (Lipinski definition) is 7. The number of benzene rings is 1. The molecular weight excluding hydrogens is 464 g/mol. The molecule has 0 spiro atoms. The van der Waals surface area contributed by atoms with E-state index in [0.29, 0.717) is 0 Å². The van der Waals surface area contributed by atoms with E-state index in [1.165, 1.54) is 18.3 Å². The number of carboxylic acid groups (broad SMARTS) is 1. The summed E-state index contributed by atoms with van der Waals surface area (Å²) in [6, 6.07) is 6.65. The van der Waals surface area contributed by atoms with Crippen molar-refractivity contribution in [3.05, 3.63) is 44.4 Å². The minimum atomic E-state index is -1.17. The van der Waals surface area contributed by atoms with Gasteiger partial charge in [0.25, 0.3) is 0 Å². The normalized spacial score (nSPS) is 34.7. The minimum absolute atomic E-state index is 0.0188. The lowest BCUT2D eigenvalue weighted by molar-refractivity contribution is -0.154. The molecule has 2 aliphatic carbocycles. The number of carbonyl (C=O) groups is 3. The molecule has 0 radical (unpaired) electrons. The number of H-pyrrole nitrogens is 1. The molecule has 1 aromatic carbocycles. The lowest BCUT2D eigenvalue weighted by Crippen LogP contribution is -2.44. The van der Waals surface area contributed by atoms with Crippen LogP contribution in [0.5, 0.6) is 5.75 Å². The second-order valence-corrected chi connectivity index (χ2v) is 11.5. The summed E-state index contributed by atoms with van der Waals surface area (Å²) in [5.41, 5.74) is 1.05. The third-order valence-corrected chi connectivity index (χ3v) is 10.6. The number of ether oxygens (including phenoxy) is 1. The standard InChI is InChI=1S/C23H22N2O6S2/c1-8(22(28)29)25-20(26)15-11-7-12(16(15)21(25)27)17-14(11)13(9-3-5-10(31-2)6-4-9)18-19(32-17)24-23(30)33-18/h3-6,8,11-17H,7H2,1-2H3,(H,24,30)(H,28,29)/t8-,11+,12-,13-,14-,15-,16-,17+/m0/s1. The molecule has 6 rings (SSSR count). The number of aromatic nitrogens is 1. The molecule has 2 N–H and O–H groups in total. The number of amides is 2. The third kappa shape index (κ3) is 2.76. The topological polar surface area (TPSA) is 117 Å². The second-order valence-electron chi connectivity index (χ2n) is 9.29. The van der Waals surface area contributed by atoms with Crippen LogP contribution >= 0.6 is 23.1 Å². The van der Waals surface area contributed by atoms with Crippen LogP contribution in [0.2, 0.25) is 0 Å². The van der Waals surface area contributed by atoms with Gasteiger partial charge in [-0.2, -0.15) is 0 Å². The van der Waals surface area contributed by atoms with Crippen LogP contribution in [0, 0.1) is 29.6 Å². The van der Waals surface area contributed by atoms with Crippen LogP contribution in [0.4, 0.5) is 0 Å². The molecule has 33 heavy (non-hydrogen) atoms. The molecule has 1 aromatic heterocycles. The summed E-state index contributed by atoms with van der Waals surface area (Å²) in [5.74, 6) is -2.11. The van der Waals surface area contributed by atoms with Gasteiger partial charge < -0.3 is 14.8 Å². The van der Waals surface area contributed by atoms with Crippen molar-refractivity contribution < 1.29 is 24.2 Å². The zero-order chi connectivity index (χ0) is 23.2. The van der Waals surface area contributed by atoms with Crippen LogP contribution in [0.1, 0.15) is 29.7 Å². The number of thiazole rings is 1. The Balaban J connectivity index is 1.44. The van der Waals surface area contributed by atoms with Gasteiger partial charge in [0.15, 0.2) is 0 Å². The summed E-state index contributed by atoms with van der Waals surface area (Å²) in [7, 11) is 1.61. The van der Waals surface area contributed by atoms with E-state index in [1.54, 1.807) is 18.9 Å². The molecule has 3 heterocycles. The van der Waals surface area contributed by atoms with Gasteiger partial charge in [0.2, 0.25) is 11.8 Å². The summed E-state index contributed by atoms with van der Waals surface area (Å²) in [6.07, 6.45) is 0.774. The number of nitrogens with one attached hydrogen (secondary N) is 1. The Morgan fingerprint density at radius 1 is 1.15 bits per heavy atom. The maximum Gasteiger partial charge on any atom is 0.326 e. The van der Waals surface area contributed by atoms with Gasteiger partial charge in [0.1, 0.15) is 11.8 Å². The Morgan fingerprint density at radius 2 is 1.82 bits per heavy atom. The molecule has 8 atom stereocenters. The van der Waals surface area contributed by atoms with E-state index in [2.05, 4.69) is 4.98 Å². The number of aliphatic carboxylic acids is 1. The predicted molar refractivity (Wildman–Crippen MR) is 120 cm³/mol. The Hall–Kier alpha value is -2.59. The van der Waals surface area contributed by atoms with E-state index in [9.17, 15) is 24.3 Å².